The lowest BCUT2D eigenvalue weighted by Gasteiger charge is -2.24. The number of hydrogen-bond acceptors (Lipinski definition) is 8. The quantitative estimate of drug-likeness (QED) is 0.154. The predicted octanol–water partition coefficient (Wildman–Crippen LogP) is 3.76. The number of carbonyl (C=O) groups excluding carboxylic acids is 1. The van der Waals surface area contributed by atoms with Crippen LogP contribution in [0.3, 0.4) is 0 Å². The molecule has 1 aromatic carbocycles. The molecular formula is C30H41N6O3+. The van der Waals surface area contributed by atoms with Crippen molar-refractivity contribution in [3.8, 4) is 11.1 Å². The predicted molar refractivity (Wildman–Crippen MR) is 152 cm³/mol. The molecule has 0 amide bonds. The summed E-state index contributed by atoms with van der Waals surface area (Å²) in [5.41, 5.74) is 4.09. The number of hydrogen-bond donors (Lipinski definition) is 3. The second-order valence-corrected chi connectivity index (χ2v) is 10.1. The highest BCUT2D eigenvalue weighted by Gasteiger charge is 2.24. The smallest absolute Gasteiger partial charge is 0.271 e. The molecule has 9 nitrogen and oxygen atoms in total. The summed E-state index contributed by atoms with van der Waals surface area (Å²) in [6.07, 6.45) is 8.93. The number of aromatic nitrogens is 3. The molecule has 0 saturated heterocycles. The molecule has 3 heterocycles. The first-order valence-corrected chi connectivity index (χ1v) is 13.9. The van der Waals surface area contributed by atoms with Gasteiger partial charge in [0, 0.05) is 38.9 Å². The fourth-order valence-corrected chi connectivity index (χ4v) is 4.95. The lowest BCUT2D eigenvalue weighted by atomic mass is 10.1. The number of unbranched alkanes of at least 4 members (excludes halogenated alkanes) is 1. The van der Waals surface area contributed by atoms with E-state index < -0.39 is 6.04 Å². The number of pyridine rings is 1. The number of anilines is 2. The van der Waals surface area contributed by atoms with Crippen LogP contribution in [0.4, 0.5) is 11.6 Å². The molecule has 1 aliphatic rings. The van der Waals surface area contributed by atoms with Gasteiger partial charge in [-0.15, -0.1) is 4.98 Å². The van der Waals surface area contributed by atoms with Gasteiger partial charge < -0.3 is 20.2 Å². The summed E-state index contributed by atoms with van der Waals surface area (Å²) in [5, 5.41) is 17.2. The molecule has 0 fully saturated rings. The maximum Gasteiger partial charge on any atom is 0.271 e. The molecule has 0 bridgehead atoms. The number of nitrogens with one attached hydrogen (secondary N) is 2. The number of benzene rings is 1. The van der Waals surface area contributed by atoms with E-state index in [-0.39, 0.29) is 5.78 Å². The normalized spacial score (nSPS) is 13.5. The fraction of sp³-hybridized carbons (Fsp3) is 0.467. The van der Waals surface area contributed by atoms with Crippen molar-refractivity contribution in [3.63, 3.8) is 0 Å². The van der Waals surface area contributed by atoms with Crippen molar-refractivity contribution < 1.29 is 19.5 Å². The lowest BCUT2D eigenvalue weighted by Crippen LogP contribution is -2.41. The van der Waals surface area contributed by atoms with Gasteiger partial charge in [-0.1, -0.05) is 41.1 Å². The van der Waals surface area contributed by atoms with Gasteiger partial charge in [0.25, 0.3) is 12.1 Å². The summed E-state index contributed by atoms with van der Waals surface area (Å²) in [5.74, 6) is 1.52. The topological polar surface area (TPSA) is 103 Å². The highest BCUT2D eigenvalue weighted by atomic mass is 16.5. The Balaban J connectivity index is 1.33. The molecule has 4 rings (SSSR count). The molecule has 0 aliphatic carbocycles. The van der Waals surface area contributed by atoms with Crippen LogP contribution < -0.4 is 15.4 Å². The van der Waals surface area contributed by atoms with Gasteiger partial charge >= 0.3 is 0 Å². The van der Waals surface area contributed by atoms with E-state index in [9.17, 15) is 10.0 Å². The maximum absolute atomic E-state index is 12.6. The average Bonchev–Trinajstić information content (AvgIpc) is 2.96. The third kappa shape index (κ3) is 8.21. The first-order valence-electron chi connectivity index (χ1n) is 13.9. The van der Waals surface area contributed by atoms with Crippen LogP contribution in [0, 0.1) is 0 Å². The minimum absolute atomic E-state index is 0.0182. The van der Waals surface area contributed by atoms with E-state index in [1.807, 2.05) is 30.3 Å². The van der Waals surface area contributed by atoms with Crippen molar-refractivity contribution in [3.05, 3.63) is 66.2 Å². The number of Topliss-reactive ketones (excluding diaryl/α,β-unsaturated/α-hetero) is 1. The Kier molecular flexibility index (Phi) is 10.6. The van der Waals surface area contributed by atoms with Crippen molar-refractivity contribution in [1.29, 1.82) is 0 Å². The van der Waals surface area contributed by atoms with Crippen molar-refractivity contribution in [2.75, 3.05) is 50.5 Å². The summed E-state index contributed by atoms with van der Waals surface area (Å²) >= 11 is 0. The molecule has 1 aliphatic heterocycles. The average molecular weight is 534 g/mol. The van der Waals surface area contributed by atoms with Crippen LogP contribution in [-0.2, 0) is 22.4 Å². The number of methoxy groups -OCH3 is 1. The molecule has 39 heavy (non-hydrogen) atoms. The Morgan fingerprint density at radius 3 is 2.82 bits per heavy atom. The number of rotatable bonds is 15. The monoisotopic (exact) mass is 533 g/mol. The van der Waals surface area contributed by atoms with Crippen molar-refractivity contribution in [2.24, 2.45) is 0 Å². The highest BCUT2D eigenvalue weighted by molar-refractivity contribution is 5.85. The number of carbonyl (C=O) groups is 1. The SMILES string of the molecule is COCCN(CCCCc1ccc2c(n1)NCCC2)CC[C@H](Nc1c(-c2ccccc2)cnc[n+]1O)C(C)=O. The van der Waals surface area contributed by atoms with Crippen molar-refractivity contribution in [1.82, 2.24) is 14.9 Å². The van der Waals surface area contributed by atoms with Gasteiger partial charge in [-0.2, -0.15) is 0 Å². The Bertz CT molecular complexity index is 1210. The Labute approximate surface area is 231 Å². The van der Waals surface area contributed by atoms with Gasteiger partial charge in [0.1, 0.15) is 18.1 Å². The minimum Gasteiger partial charge on any atom is -0.383 e. The van der Waals surface area contributed by atoms with E-state index in [2.05, 4.69) is 32.7 Å². The number of ketones is 1. The Morgan fingerprint density at radius 1 is 1.18 bits per heavy atom. The van der Waals surface area contributed by atoms with Gasteiger partial charge in [-0.25, -0.2) is 4.98 Å². The standard InChI is InChI=1S/C30H40N6O3/c1-23(37)28(34-30-27(21-31-22-36(30)38)24-9-4-3-5-10-24)15-18-35(19-20-39-2)17-7-6-12-26-14-13-25-11-8-16-32-29(25)33-26/h3-5,9-10,13-14,21-22,28,38H,6-8,11-12,15-20H2,1-2H3,(H,32,33)/p+1/t28-/m0/s1. The number of ether oxygens (including phenoxy) is 1. The first kappa shape index (κ1) is 28.4. The van der Waals surface area contributed by atoms with Crippen LogP contribution in [-0.4, -0.2) is 71.8 Å². The molecule has 208 valence electrons. The van der Waals surface area contributed by atoms with Gasteiger partial charge in [-0.05, 0) is 62.8 Å². The molecule has 0 spiro atoms. The maximum atomic E-state index is 12.6. The van der Waals surface area contributed by atoms with Gasteiger partial charge in [0.2, 0.25) is 0 Å². The van der Waals surface area contributed by atoms with Crippen LogP contribution in [0.1, 0.15) is 43.9 Å². The van der Waals surface area contributed by atoms with Crippen LogP contribution in [0.2, 0.25) is 0 Å². The second kappa shape index (κ2) is 14.6. The molecule has 0 saturated carbocycles. The van der Waals surface area contributed by atoms with E-state index in [1.165, 1.54) is 18.3 Å². The van der Waals surface area contributed by atoms with E-state index in [1.54, 1.807) is 20.2 Å². The minimum atomic E-state index is -0.453. The molecular weight excluding hydrogens is 492 g/mol. The second-order valence-electron chi connectivity index (χ2n) is 10.1. The van der Waals surface area contributed by atoms with E-state index >= 15 is 0 Å². The Hall–Kier alpha value is -3.56. The van der Waals surface area contributed by atoms with Crippen molar-refractivity contribution >= 4 is 17.4 Å². The van der Waals surface area contributed by atoms with Crippen LogP contribution >= 0.6 is 0 Å². The summed E-state index contributed by atoms with van der Waals surface area (Å²) in [6, 6.07) is 13.6. The van der Waals surface area contributed by atoms with Crippen LogP contribution in [0.5, 0.6) is 0 Å². The summed E-state index contributed by atoms with van der Waals surface area (Å²) in [7, 11) is 1.71. The zero-order valence-electron chi connectivity index (χ0n) is 23.1. The molecule has 3 aromatic rings. The molecule has 2 aromatic heterocycles. The fourth-order valence-electron chi connectivity index (χ4n) is 4.95. The largest absolute Gasteiger partial charge is 0.383 e. The van der Waals surface area contributed by atoms with Gasteiger partial charge in [0.15, 0.2) is 5.78 Å². The zero-order chi connectivity index (χ0) is 27.5. The van der Waals surface area contributed by atoms with Gasteiger partial charge in [-0.3, -0.25) is 10.1 Å². The molecule has 0 radical (unpaired) electrons. The van der Waals surface area contributed by atoms with E-state index in [0.29, 0.717) is 18.8 Å². The first-order chi connectivity index (χ1) is 19.0. The third-order valence-corrected chi connectivity index (χ3v) is 7.21. The lowest BCUT2D eigenvalue weighted by molar-refractivity contribution is -0.895. The molecule has 9 heteroatoms. The summed E-state index contributed by atoms with van der Waals surface area (Å²) in [4.78, 5) is 23.9. The molecule has 3 N–H and O–H groups in total. The number of nitrogens with zero attached hydrogens (tertiary/aromatic N) is 4. The van der Waals surface area contributed by atoms with Gasteiger partial charge in [0.05, 0.1) is 12.2 Å². The molecule has 0 unspecified atom stereocenters. The number of aryl methyl sites for hydroxylation is 2. The highest BCUT2D eigenvalue weighted by Crippen LogP contribution is 2.25. The zero-order valence-corrected chi connectivity index (χ0v) is 23.1. The summed E-state index contributed by atoms with van der Waals surface area (Å²) < 4.78 is 6.30. The van der Waals surface area contributed by atoms with Crippen molar-refractivity contribution in [2.45, 2.75) is 51.5 Å². The van der Waals surface area contributed by atoms with E-state index in [0.717, 1.165) is 79.2 Å². The molecule has 1 atom stereocenters. The number of fused-ring (bicyclic) bond motifs is 1. The van der Waals surface area contributed by atoms with E-state index in [4.69, 9.17) is 9.72 Å². The Morgan fingerprint density at radius 2 is 2.03 bits per heavy atom. The van der Waals surface area contributed by atoms with Crippen LogP contribution in [0.15, 0.2) is 55.0 Å². The van der Waals surface area contributed by atoms with Crippen LogP contribution in [0.25, 0.3) is 11.1 Å². The summed E-state index contributed by atoms with van der Waals surface area (Å²) in [6.45, 7) is 5.67. The third-order valence-electron chi connectivity index (χ3n) is 7.21.